The average molecular weight is 496 g/mol. The fourth-order valence-electron chi connectivity index (χ4n) is 4.06. The van der Waals surface area contributed by atoms with Crippen LogP contribution >= 0.6 is 7.60 Å². The second-order valence-corrected chi connectivity index (χ2v) is 9.80. The Labute approximate surface area is 205 Å². The number of hydrogen-bond acceptors (Lipinski definition) is 7. The van der Waals surface area contributed by atoms with Gasteiger partial charge in [0.25, 0.3) is 0 Å². The molecule has 1 atom stereocenters. The molecule has 3 aromatic carbocycles. The Morgan fingerprint density at radius 1 is 0.886 bits per heavy atom. The molecule has 0 aliphatic rings. The molecule has 35 heavy (non-hydrogen) atoms. The number of anilines is 1. The molecule has 0 fully saturated rings. The first-order chi connectivity index (χ1) is 17.0. The summed E-state index contributed by atoms with van der Waals surface area (Å²) in [5.74, 6) is 0.739. The largest absolute Gasteiger partial charge is 0.497 e. The Morgan fingerprint density at radius 3 is 2.23 bits per heavy atom. The highest BCUT2D eigenvalue weighted by atomic mass is 31.2. The molecule has 1 aromatic heterocycles. The summed E-state index contributed by atoms with van der Waals surface area (Å²) in [4.78, 5) is 0. The molecule has 0 amide bonds. The van der Waals surface area contributed by atoms with Crippen LogP contribution in [-0.2, 0) is 13.6 Å². The number of rotatable bonds is 11. The predicted octanol–water partition coefficient (Wildman–Crippen LogP) is 7.49. The number of nitrogens with one attached hydrogen (secondary N) is 1. The number of furan rings is 1. The maximum Gasteiger partial charge on any atom is 0.360 e. The van der Waals surface area contributed by atoms with E-state index >= 15 is 0 Å². The Morgan fingerprint density at radius 2 is 1.57 bits per heavy atom. The lowest BCUT2D eigenvalue weighted by Crippen LogP contribution is -2.16. The van der Waals surface area contributed by atoms with Crippen LogP contribution in [0.25, 0.3) is 22.1 Å². The number of methoxy groups -OCH3 is 2. The van der Waals surface area contributed by atoms with Gasteiger partial charge in [0, 0.05) is 17.0 Å². The number of hydrogen-bond donors (Lipinski definition) is 1. The standard InChI is InChI=1S/C27H30NO6P/c1-5-32-35(29,33-6-2)27(28-22-14-10-11-15-23(22)31-4)26-25(19-12-8-7-9-13-19)21-17-16-20(30-3)18-24(21)34-26/h7-18,27-28H,5-6H2,1-4H3. The number of benzene rings is 3. The van der Waals surface area contributed by atoms with Crippen molar-refractivity contribution in [2.45, 2.75) is 19.6 Å². The monoisotopic (exact) mass is 495 g/mol. The van der Waals surface area contributed by atoms with Crippen LogP contribution in [0, 0.1) is 0 Å². The van der Waals surface area contributed by atoms with Crippen LogP contribution < -0.4 is 14.8 Å². The molecule has 7 nitrogen and oxygen atoms in total. The topological polar surface area (TPSA) is 79.2 Å². The zero-order valence-electron chi connectivity index (χ0n) is 20.3. The molecule has 0 radical (unpaired) electrons. The van der Waals surface area contributed by atoms with Crippen molar-refractivity contribution >= 4 is 24.3 Å². The number of para-hydroxylation sites is 2. The van der Waals surface area contributed by atoms with Gasteiger partial charge in [0.15, 0.2) is 5.78 Å². The minimum atomic E-state index is -3.76. The molecule has 1 heterocycles. The summed E-state index contributed by atoms with van der Waals surface area (Å²) >= 11 is 0. The van der Waals surface area contributed by atoms with Crippen molar-refractivity contribution < 1.29 is 27.5 Å². The van der Waals surface area contributed by atoms with Gasteiger partial charge in [-0.25, -0.2) is 0 Å². The van der Waals surface area contributed by atoms with Crippen LogP contribution in [-0.4, -0.2) is 27.4 Å². The molecular formula is C27H30NO6P. The van der Waals surface area contributed by atoms with E-state index in [0.717, 1.165) is 16.5 Å². The molecular weight excluding hydrogens is 465 g/mol. The summed E-state index contributed by atoms with van der Waals surface area (Å²) < 4.78 is 43.3. The van der Waals surface area contributed by atoms with Crippen LogP contribution in [0.15, 0.2) is 77.2 Å². The lowest BCUT2D eigenvalue weighted by atomic mass is 10.0. The van der Waals surface area contributed by atoms with Gasteiger partial charge in [0.05, 0.1) is 33.1 Å². The zero-order valence-corrected chi connectivity index (χ0v) is 21.2. The molecule has 184 valence electrons. The van der Waals surface area contributed by atoms with Gasteiger partial charge in [-0.05, 0) is 43.7 Å². The molecule has 8 heteroatoms. The van der Waals surface area contributed by atoms with Crippen molar-refractivity contribution in [3.05, 3.63) is 78.6 Å². The highest BCUT2D eigenvalue weighted by Crippen LogP contribution is 2.63. The first kappa shape index (κ1) is 24.9. The van der Waals surface area contributed by atoms with Crippen molar-refractivity contribution in [1.29, 1.82) is 0 Å². The molecule has 0 aliphatic heterocycles. The van der Waals surface area contributed by atoms with E-state index in [1.54, 1.807) is 28.1 Å². The number of ether oxygens (including phenoxy) is 2. The van der Waals surface area contributed by atoms with Crippen LogP contribution in [0.2, 0.25) is 0 Å². The van der Waals surface area contributed by atoms with Gasteiger partial charge in [-0.1, -0.05) is 42.5 Å². The second kappa shape index (κ2) is 11.0. The van der Waals surface area contributed by atoms with Gasteiger partial charge in [-0.3, -0.25) is 4.57 Å². The smallest absolute Gasteiger partial charge is 0.360 e. The summed E-state index contributed by atoms with van der Waals surface area (Å²) in [6.45, 7) is 3.98. The van der Waals surface area contributed by atoms with Gasteiger partial charge in [-0.2, -0.15) is 0 Å². The second-order valence-electron chi connectivity index (χ2n) is 7.69. The molecule has 0 spiro atoms. The Hall–Kier alpha value is -3.25. The van der Waals surface area contributed by atoms with Crippen LogP contribution in [0.4, 0.5) is 5.69 Å². The summed E-state index contributed by atoms with van der Waals surface area (Å²) in [5, 5.41) is 4.22. The van der Waals surface area contributed by atoms with Crippen molar-refractivity contribution in [3.63, 3.8) is 0 Å². The summed E-state index contributed by atoms with van der Waals surface area (Å²) in [7, 11) is -0.569. The van der Waals surface area contributed by atoms with Crippen molar-refractivity contribution in [2.75, 3.05) is 32.8 Å². The minimum Gasteiger partial charge on any atom is -0.497 e. The highest BCUT2D eigenvalue weighted by molar-refractivity contribution is 7.54. The van der Waals surface area contributed by atoms with Crippen molar-refractivity contribution in [3.8, 4) is 22.6 Å². The van der Waals surface area contributed by atoms with E-state index in [2.05, 4.69) is 5.32 Å². The predicted molar refractivity (Wildman–Crippen MR) is 138 cm³/mol. The fraction of sp³-hybridized carbons (Fsp3) is 0.259. The van der Waals surface area contributed by atoms with E-state index in [4.69, 9.17) is 22.9 Å². The Bertz CT molecular complexity index is 1310. The van der Waals surface area contributed by atoms with Gasteiger partial charge in [-0.15, -0.1) is 0 Å². The minimum absolute atomic E-state index is 0.204. The maximum absolute atomic E-state index is 14.3. The van der Waals surface area contributed by atoms with E-state index < -0.39 is 13.4 Å². The Kier molecular flexibility index (Phi) is 7.81. The van der Waals surface area contributed by atoms with Gasteiger partial charge in [0.1, 0.15) is 22.8 Å². The van der Waals surface area contributed by atoms with Crippen molar-refractivity contribution in [2.24, 2.45) is 0 Å². The average Bonchev–Trinajstić information content (AvgIpc) is 3.26. The SMILES string of the molecule is CCOP(=O)(OCC)C(Nc1ccccc1OC)c1oc2cc(OC)ccc2c1-c1ccccc1. The van der Waals surface area contributed by atoms with Gasteiger partial charge in [0.2, 0.25) is 0 Å². The van der Waals surface area contributed by atoms with E-state index in [0.29, 0.717) is 28.5 Å². The highest BCUT2D eigenvalue weighted by Gasteiger charge is 2.42. The molecule has 4 aromatic rings. The lowest BCUT2D eigenvalue weighted by Gasteiger charge is -2.28. The third kappa shape index (κ3) is 5.08. The first-order valence-electron chi connectivity index (χ1n) is 11.5. The zero-order chi connectivity index (χ0) is 24.8. The van der Waals surface area contributed by atoms with E-state index in [-0.39, 0.29) is 13.2 Å². The normalized spacial score (nSPS) is 12.5. The van der Waals surface area contributed by atoms with E-state index in [1.807, 2.05) is 72.8 Å². The molecule has 0 saturated heterocycles. The van der Waals surface area contributed by atoms with E-state index in [1.165, 1.54) is 0 Å². The summed E-state index contributed by atoms with van der Waals surface area (Å²) in [5.41, 5.74) is 2.95. The molecule has 4 rings (SSSR count). The van der Waals surface area contributed by atoms with Crippen LogP contribution in [0.5, 0.6) is 11.5 Å². The van der Waals surface area contributed by atoms with Crippen molar-refractivity contribution in [1.82, 2.24) is 0 Å². The third-order valence-electron chi connectivity index (χ3n) is 5.57. The van der Waals surface area contributed by atoms with Gasteiger partial charge >= 0.3 is 7.60 Å². The summed E-state index contributed by atoms with van der Waals surface area (Å²) in [6.07, 6.45) is 0. The molecule has 1 unspecified atom stereocenters. The molecule has 1 N–H and O–H groups in total. The molecule has 0 aliphatic carbocycles. The molecule has 0 saturated carbocycles. The fourth-order valence-corrected chi connectivity index (χ4v) is 5.92. The van der Waals surface area contributed by atoms with Crippen LogP contribution in [0.3, 0.4) is 0 Å². The summed E-state index contributed by atoms with van der Waals surface area (Å²) in [6, 6.07) is 22.9. The van der Waals surface area contributed by atoms with E-state index in [9.17, 15) is 4.57 Å². The quantitative estimate of drug-likeness (QED) is 0.216. The molecule has 0 bridgehead atoms. The third-order valence-corrected chi connectivity index (χ3v) is 7.80. The number of fused-ring (bicyclic) bond motifs is 1. The Balaban J connectivity index is 1.99. The lowest BCUT2D eigenvalue weighted by molar-refractivity contribution is 0.212. The first-order valence-corrected chi connectivity index (χ1v) is 13.1. The van der Waals surface area contributed by atoms with Gasteiger partial charge < -0.3 is 28.3 Å². The van der Waals surface area contributed by atoms with Crippen LogP contribution in [0.1, 0.15) is 25.4 Å². The maximum atomic E-state index is 14.3.